The molecule has 1 saturated heterocycles. The van der Waals surface area contributed by atoms with Crippen molar-refractivity contribution in [1.29, 1.82) is 0 Å². The highest BCUT2D eigenvalue weighted by Crippen LogP contribution is 2.18. The van der Waals surface area contributed by atoms with Crippen LogP contribution in [0, 0.1) is 11.6 Å². The smallest absolute Gasteiger partial charge is 0.407 e. The Kier molecular flexibility index (Phi) is 7.21. The van der Waals surface area contributed by atoms with E-state index in [1.807, 2.05) is 27.7 Å². The fraction of sp³-hybridized carbons (Fsp3) is 0.600. The lowest BCUT2D eigenvalue weighted by molar-refractivity contribution is 0.0507. The van der Waals surface area contributed by atoms with Crippen molar-refractivity contribution in [3.63, 3.8) is 0 Å². The van der Waals surface area contributed by atoms with Crippen molar-refractivity contribution in [2.45, 2.75) is 51.7 Å². The molecule has 2 rings (SSSR count). The average molecular weight is 396 g/mol. The third-order valence-electron chi connectivity index (χ3n) is 4.50. The van der Waals surface area contributed by atoms with Gasteiger partial charge in [0.1, 0.15) is 5.60 Å². The second kappa shape index (κ2) is 9.21. The summed E-state index contributed by atoms with van der Waals surface area (Å²) in [6.07, 6.45) is 0.368. The predicted molar refractivity (Wildman–Crippen MR) is 105 cm³/mol. The molecule has 28 heavy (non-hydrogen) atoms. The summed E-state index contributed by atoms with van der Waals surface area (Å²) in [4.78, 5) is 18.3. The number of rotatable bonds is 4. The van der Waals surface area contributed by atoms with Gasteiger partial charge in [0.05, 0.1) is 6.04 Å². The van der Waals surface area contributed by atoms with Gasteiger partial charge < -0.3 is 20.3 Å². The molecule has 1 aliphatic rings. The molecule has 0 aromatic heterocycles. The van der Waals surface area contributed by atoms with Crippen LogP contribution in [0.4, 0.5) is 13.6 Å². The van der Waals surface area contributed by atoms with Crippen LogP contribution >= 0.6 is 0 Å². The first-order chi connectivity index (χ1) is 13.1. The Balaban J connectivity index is 1.85. The minimum atomic E-state index is -0.847. The number of halogens is 2. The molecular weight excluding hydrogens is 366 g/mol. The summed E-state index contributed by atoms with van der Waals surface area (Å²) in [7, 11) is 1.69. The Morgan fingerprint density at radius 2 is 2.07 bits per heavy atom. The van der Waals surface area contributed by atoms with Crippen LogP contribution in [0.1, 0.15) is 45.6 Å². The van der Waals surface area contributed by atoms with Gasteiger partial charge in [-0.15, -0.1) is 0 Å². The summed E-state index contributed by atoms with van der Waals surface area (Å²) in [6, 6.07) is 3.94. The lowest BCUT2D eigenvalue weighted by Gasteiger charge is -2.24. The third kappa shape index (κ3) is 6.35. The number of alkyl carbamates (subject to hydrolysis) is 1. The van der Waals surface area contributed by atoms with Crippen LogP contribution in [-0.4, -0.2) is 55.3 Å². The molecule has 1 aliphatic heterocycles. The highest BCUT2D eigenvalue weighted by atomic mass is 19.2. The number of nitrogens with one attached hydrogen (secondary N) is 2. The van der Waals surface area contributed by atoms with E-state index in [9.17, 15) is 13.6 Å². The van der Waals surface area contributed by atoms with Crippen LogP contribution in [0.3, 0.4) is 0 Å². The molecular formula is C20H30F2N4O2. The normalized spacial score (nSPS) is 18.8. The topological polar surface area (TPSA) is 66.0 Å². The summed E-state index contributed by atoms with van der Waals surface area (Å²) in [5.41, 5.74) is 0.184. The highest BCUT2D eigenvalue weighted by molar-refractivity contribution is 5.80. The maximum absolute atomic E-state index is 13.4. The number of amides is 1. The van der Waals surface area contributed by atoms with E-state index >= 15 is 0 Å². The van der Waals surface area contributed by atoms with Gasteiger partial charge in [-0.05, 0) is 50.8 Å². The fourth-order valence-corrected chi connectivity index (χ4v) is 3.06. The molecule has 2 unspecified atom stereocenters. The largest absolute Gasteiger partial charge is 0.444 e. The lowest BCUT2D eigenvalue weighted by Crippen LogP contribution is -2.44. The van der Waals surface area contributed by atoms with Crippen molar-refractivity contribution in [1.82, 2.24) is 15.5 Å². The van der Waals surface area contributed by atoms with Crippen molar-refractivity contribution in [3.05, 3.63) is 35.4 Å². The maximum Gasteiger partial charge on any atom is 0.407 e. The standard InChI is InChI=1S/C20H30F2N4O2/c1-13(14-6-7-16(21)17(22)10-14)11-24-18(23-5)26-9-8-15(12-26)25-19(27)28-20(2,3)4/h6-7,10,13,15H,8-9,11-12H2,1-5H3,(H,23,24)(H,25,27). The summed E-state index contributed by atoms with van der Waals surface area (Å²) in [5.74, 6) is -1.00. The quantitative estimate of drug-likeness (QED) is 0.606. The van der Waals surface area contributed by atoms with Crippen molar-refractivity contribution < 1.29 is 18.3 Å². The van der Waals surface area contributed by atoms with Crippen LogP contribution in [0.2, 0.25) is 0 Å². The second-order valence-electron chi connectivity index (χ2n) is 8.08. The molecule has 0 radical (unpaired) electrons. The first-order valence-corrected chi connectivity index (χ1v) is 9.49. The summed E-state index contributed by atoms with van der Waals surface area (Å²) < 4.78 is 31.8. The van der Waals surface area contributed by atoms with Gasteiger partial charge in [0.15, 0.2) is 17.6 Å². The molecule has 6 nitrogen and oxygen atoms in total. The first kappa shape index (κ1) is 21.9. The van der Waals surface area contributed by atoms with Gasteiger partial charge in [0.25, 0.3) is 0 Å². The van der Waals surface area contributed by atoms with E-state index in [1.165, 1.54) is 6.07 Å². The lowest BCUT2D eigenvalue weighted by atomic mass is 10.0. The molecule has 0 spiro atoms. The van der Waals surface area contributed by atoms with Gasteiger partial charge in [0.2, 0.25) is 0 Å². The van der Waals surface area contributed by atoms with Gasteiger partial charge >= 0.3 is 6.09 Å². The minimum absolute atomic E-state index is 0.0167. The zero-order valence-electron chi connectivity index (χ0n) is 17.2. The number of carbonyl (C=O) groups is 1. The van der Waals surface area contributed by atoms with E-state index in [1.54, 1.807) is 13.1 Å². The number of likely N-dealkylation sites (tertiary alicyclic amines) is 1. The van der Waals surface area contributed by atoms with E-state index in [0.29, 0.717) is 24.6 Å². The zero-order valence-corrected chi connectivity index (χ0v) is 17.2. The molecule has 1 amide bonds. The molecule has 2 atom stereocenters. The van der Waals surface area contributed by atoms with Crippen LogP contribution in [-0.2, 0) is 4.74 Å². The summed E-state index contributed by atoms with van der Waals surface area (Å²) in [5, 5.41) is 6.16. The number of aliphatic imine (C=N–C) groups is 1. The van der Waals surface area contributed by atoms with Crippen molar-refractivity contribution >= 4 is 12.1 Å². The molecule has 1 aromatic rings. The molecule has 8 heteroatoms. The molecule has 156 valence electrons. The Labute approximate surface area is 165 Å². The van der Waals surface area contributed by atoms with Crippen LogP contribution in [0.25, 0.3) is 0 Å². The summed E-state index contributed by atoms with van der Waals surface area (Å²) in [6.45, 7) is 9.31. The predicted octanol–water partition coefficient (Wildman–Crippen LogP) is 3.24. The third-order valence-corrected chi connectivity index (χ3v) is 4.50. The van der Waals surface area contributed by atoms with E-state index in [4.69, 9.17) is 4.74 Å². The number of hydrogen-bond donors (Lipinski definition) is 2. The molecule has 0 bridgehead atoms. The number of guanidine groups is 1. The Morgan fingerprint density at radius 1 is 1.36 bits per heavy atom. The van der Waals surface area contributed by atoms with Gasteiger partial charge in [-0.1, -0.05) is 13.0 Å². The Bertz CT molecular complexity index is 719. The van der Waals surface area contributed by atoms with Crippen molar-refractivity contribution in [2.24, 2.45) is 4.99 Å². The van der Waals surface area contributed by atoms with Crippen LogP contribution < -0.4 is 10.6 Å². The molecule has 0 saturated carbocycles. The molecule has 2 N–H and O–H groups in total. The van der Waals surface area contributed by atoms with Gasteiger partial charge in [-0.25, -0.2) is 13.6 Å². The number of ether oxygens (including phenoxy) is 1. The number of benzene rings is 1. The van der Waals surface area contributed by atoms with Crippen LogP contribution in [0.5, 0.6) is 0 Å². The summed E-state index contributed by atoms with van der Waals surface area (Å²) >= 11 is 0. The number of hydrogen-bond acceptors (Lipinski definition) is 3. The van der Waals surface area contributed by atoms with E-state index < -0.39 is 23.3 Å². The zero-order chi connectivity index (χ0) is 20.9. The van der Waals surface area contributed by atoms with Gasteiger partial charge in [0, 0.05) is 26.7 Å². The van der Waals surface area contributed by atoms with E-state index in [2.05, 4.69) is 20.5 Å². The average Bonchev–Trinajstić information content (AvgIpc) is 3.04. The van der Waals surface area contributed by atoms with Gasteiger partial charge in [-0.2, -0.15) is 0 Å². The number of nitrogens with zero attached hydrogens (tertiary/aromatic N) is 2. The molecule has 1 heterocycles. The first-order valence-electron chi connectivity index (χ1n) is 9.49. The minimum Gasteiger partial charge on any atom is -0.444 e. The maximum atomic E-state index is 13.4. The van der Waals surface area contributed by atoms with Crippen LogP contribution in [0.15, 0.2) is 23.2 Å². The second-order valence-corrected chi connectivity index (χ2v) is 8.08. The van der Waals surface area contributed by atoms with Crippen molar-refractivity contribution in [2.75, 3.05) is 26.7 Å². The molecule has 1 aromatic carbocycles. The van der Waals surface area contributed by atoms with Gasteiger partial charge in [-0.3, -0.25) is 4.99 Å². The molecule has 1 fully saturated rings. The fourth-order valence-electron chi connectivity index (χ4n) is 3.06. The van der Waals surface area contributed by atoms with Crippen molar-refractivity contribution in [3.8, 4) is 0 Å². The Hall–Kier alpha value is -2.38. The highest BCUT2D eigenvalue weighted by Gasteiger charge is 2.28. The molecule has 0 aliphatic carbocycles. The SMILES string of the molecule is CN=C(NCC(C)c1ccc(F)c(F)c1)N1CCC(NC(=O)OC(C)(C)C)C1. The Morgan fingerprint density at radius 3 is 2.68 bits per heavy atom. The number of carbonyl (C=O) groups excluding carboxylic acids is 1. The van der Waals surface area contributed by atoms with E-state index in [-0.39, 0.29) is 12.0 Å². The van der Waals surface area contributed by atoms with E-state index in [0.717, 1.165) is 19.0 Å². The monoisotopic (exact) mass is 396 g/mol.